The van der Waals surface area contributed by atoms with E-state index in [1.807, 2.05) is 0 Å². The fourth-order valence-electron chi connectivity index (χ4n) is 2.89. The van der Waals surface area contributed by atoms with Crippen LogP contribution < -0.4 is 10.6 Å². The first kappa shape index (κ1) is 22.7. The molecular formula is C18H34IN5S. The van der Waals surface area contributed by atoms with Gasteiger partial charge >= 0.3 is 0 Å². The van der Waals surface area contributed by atoms with Gasteiger partial charge in [-0.25, -0.2) is 0 Å². The number of likely N-dealkylation sites (N-methyl/N-ethyl adjacent to an activating group) is 1. The average Bonchev–Trinajstić information content (AvgIpc) is 3.03. The lowest BCUT2D eigenvalue weighted by Crippen LogP contribution is -2.42. The molecule has 1 aromatic heterocycles. The number of aliphatic imine (C=N–C) groups is 1. The largest absolute Gasteiger partial charge is 0.357 e. The maximum absolute atomic E-state index is 4.75. The summed E-state index contributed by atoms with van der Waals surface area (Å²) in [5, 5.41) is 11.2. The van der Waals surface area contributed by atoms with E-state index in [1.165, 1.54) is 38.2 Å². The van der Waals surface area contributed by atoms with Gasteiger partial charge in [0.1, 0.15) is 0 Å². The lowest BCUT2D eigenvalue weighted by molar-refractivity contribution is 0.280. The smallest absolute Gasteiger partial charge is 0.191 e. The van der Waals surface area contributed by atoms with Gasteiger partial charge in [0.2, 0.25) is 0 Å². The Morgan fingerprint density at radius 2 is 2.12 bits per heavy atom. The molecule has 1 fully saturated rings. The predicted octanol–water partition coefficient (Wildman–Crippen LogP) is 2.66. The van der Waals surface area contributed by atoms with Gasteiger partial charge in [-0.1, -0.05) is 6.92 Å². The molecule has 2 N–H and O–H groups in total. The second-order valence-electron chi connectivity index (χ2n) is 6.60. The predicted molar refractivity (Wildman–Crippen MR) is 121 cm³/mol. The molecule has 1 aromatic rings. The molecule has 0 bridgehead atoms. The van der Waals surface area contributed by atoms with E-state index in [9.17, 15) is 0 Å². The Hall–Kier alpha value is -0.380. The maximum atomic E-state index is 4.75. The van der Waals surface area contributed by atoms with E-state index >= 15 is 0 Å². The third kappa shape index (κ3) is 8.70. The zero-order valence-corrected chi connectivity index (χ0v) is 19.0. The van der Waals surface area contributed by atoms with E-state index in [1.54, 1.807) is 11.3 Å². The molecule has 0 spiro atoms. The van der Waals surface area contributed by atoms with E-state index in [2.05, 4.69) is 58.2 Å². The fourth-order valence-corrected chi connectivity index (χ4v) is 3.67. The number of nitrogens with one attached hydrogen (secondary N) is 2. The summed E-state index contributed by atoms with van der Waals surface area (Å²) >= 11 is 1.76. The van der Waals surface area contributed by atoms with Gasteiger partial charge < -0.3 is 20.4 Å². The van der Waals surface area contributed by atoms with E-state index in [0.29, 0.717) is 5.92 Å². The molecule has 1 aliphatic rings. The lowest BCUT2D eigenvalue weighted by Gasteiger charge is -2.21. The average molecular weight is 479 g/mol. The molecule has 0 radical (unpaired) electrons. The first-order valence-electron chi connectivity index (χ1n) is 9.14. The molecule has 0 amide bonds. The molecule has 0 saturated carbocycles. The molecule has 144 valence electrons. The van der Waals surface area contributed by atoms with Crippen LogP contribution in [-0.4, -0.2) is 75.2 Å². The van der Waals surface area contributed by atoms with Gasteiger partial charge in [-0.15, -0.1) is 24.0 Å². The number of rotatable bonds is 7. The van der Waals surface area contributed by atoms with Crippen LogP contribution in [0.3, 0.4) is 0 Å². The van der Waals surface area contributed by atoms with E-state index in [-0.39, 0.29) is 24.0 Å². The SMILES string of the molecule is CCNC(=NCC(C)c1ccsc1)NCCN1CCCN(C)CC1.I. The number of halogens is 1. The van der Waals surface area contributed by atoms with Crippen molar-refractivity contribution >= 4 is 41.3 Å². The van der Waals surface area contributed by atoms with E-state index < -0.39 is 0 Å². The summed E-state index contributed by atoms with van der Waals surface area (Å²) in [4.78, 5) is 9.73. The standard InChI is InChI=1S/C18H33N5S.HI/c1-4-19-18(21-14-16(2)17-6-13-24-15-17)20-7-10-23-9-5-8-22(3)11-12-23;/h6,13,15-16H,4-5,7-12,14H2,1-3H3,(H2,19,20,21);1H. The van der Waals surface area contributed by atoms with Crippen LogP contribution in [0.1, 0.15) is 31.7 Å². The van der Waals surface area contributed by atoms with Gasteiger partial charge in [-0.3, -0.25) is 4.99 Å². The minimum absolute atomic E-state index is 0. The molecule has 2 heterocycles. The van der Waals surface area contributed by atoms with Gasteiger partial charge in [0.15, 0.2) is 5.96 Å². The van der Waals surface area contributed by atoms with Crippen LogP contribution in [0.15, 0.2) is 21.8 Å². The van der Waals surface area contributed by atoms with Crippen molar-refractivity contribution in [2.75, 3.05) is 59.4 Å². The van der Waals surface area contributed by atoms with Crippen molar-refractivity contribution in [3.63, 3.8) is 0 Å². The Bertz CT molecular complexity index is 480. The second-order valence-corrected chi connectivity index (χ2v) is 7.38. The third-order valence-corrected chi connectivity index (χ3v) is 5.21. The normalized spacial score (nSPS) is 18.3. The Labute approximate surface area is 174 Å². The Morgan fingerprint density at radius 3 is 2.84 bits per heavy atom. The van der Waals surface area contributed by atoms with Crippen molar-refractivity contribution in [2.45, 2.75) is 26.2 Å². The zero-order valence-electron chi connectivity index (χ0n) is 15.8. The second kappa shape index (κ2) is 12.9. The number of nitrogens with zero attached hydrogens (tertiary/aromatic N) is 3. The van der Waals surface area contributed by atoms with Gasteiger partial charge in [0.05, 0.1) is 0 Å². The van der Waals surface area contributed by atoms with Crippen molar-refractivity contribution in [1.82, 2.24) is 20.4 Å². The van der Waals surface area contributed by atoms with Crippen LogP contribution >= 0.6 is 35.3 Å². The van der Waals surface area contributed by atoms with Gasteiger partial charge in [-0.2, -0.15) is 11.3 Å². The minimum Gasteiger partial charge on any atom is -0.357 e. The Kier molecular flexibility index (Phi) is 11.7. The van der Waals surface area contributed by atoms with E-state index in [4.69, 9.17) is 4.99 Å². The summed E-state index contributed by atoms with van der Waals surface area (Å²) in [5.41, 5.74) is 1.38. The highest BCUT2D eigenvalue weighted by molar-refractivity contribution is 14.0. The maximum Gasteiger partial charge on any atom is 0.191 e. The molecule has 25 heavy (non-hydrogen) atoms. The third-order valence-electron chi connectivity index (χ3n) is 4.51. The quantitative estimate of drug-likeness (QED) is 0.359. The minimum atomic E-state index is 0. The monoisotopic (exact) mass is 479 g/mol. The van der Waals surface area contributed by atoms with Crippen molar-refractivity contribution in [3.05, 3.63) is 22.4 Å². The van der Waals surface area contributed by atoms with Crippen molar-refractivity contribution in [3.8, 4) is 0 Å². The summed E-state index contributed by atoms with van der Waals surface area (Å²) in [7, 11) is 2.21. The zero-order chi connectivity index (χ0) is 17.2. The molecule has 5 nitrogen and oxygen atoms in total. The molecule has 0 aromatic carbocycles. The lowest BCUT2D eigenvalue weighted by atomic mass is 10.1. The Morgan fingerprint density at radius 1 is 1.28 bits per heavy atom. The number of hydrogen-bond donors (Lipinski definition) is 2. The van der Waals surface area contributed by atoms with Crippen LogP contribution in [0.5, 0.6) is 0 Å². The Balaban J connectivity index is 0.00000312. The van der Waals surface area contributed by atoms with Gasteiger partial charge in [0.25, 0.3) is 0 Å². The fraction of sp³-hybridized carbons (Fsp3) is 0.722. The molecule has 1 unspecified atom stereocenters. The molecule has 1 saturated heterocycles. The van der Waals surface area contributed by atoms with Crippen molar-refractivity contribution in [2.24, 2.45) is 4.99 Å². The number of hydrogen-bond acceptors (Lipinski definition) is 4. The molecule has 2 rings (SSSR count). The molecule has 7 heteroatoms. The van der Waals surface area contributed by atoms with Crippen molar-refractivity contribution in [1.29, 1.82) is 0 Å². The van der Waals surface area contributed by atoms with Crippen LogP contribution in [0, 0.1) is 0 Å². The van der Waals surface area contributed by atoms with Crippen LogP contribution in [0.2, 0.25) is 0 Å². The highest BCUT2D eigenvalue weighted by Gasteiger charge is 2.11. The summed E-state index contributed by atoms with van der Waals surface area (Å²) in [6.07, 6.45) is 1.27. The highest BCUT2D eigenvalue weighted by atomic mass is 127. The first-order chi connectivity index (χ1) is 11.7. The first-order valence-corrected chi connectivity index (χ1v) is 10.1. The van der Waals surface area contributed by atoms with Crippen LogP contribution in [0.4, 0.5) is 0 Å². The van der Waals surface area contributed by atoms with Crippen LogP contribution in [0.25, 0.3) is 0 Å². The van der Waals surface area contributed by atoms with E-state index in [0.717, 1.165) is 32.1 Å². The van der Waals surface area contributed by atoms with Gasteiger partial charge in [0, 0.05) is 45.2 Å². The summed E-state index contributed by atoms with van der Waals surface area (Å²) in [6, 6.07) is 2.20. The molecule has 1 atom stereocenters. The van der Waals surface area contributed by atoms with Gasteiger partial charge in [-0.05, 0) is 55.9 Å². The summed E-state index contributed by atoms with van der Waals surface area (Å²) in [6.45, 7) is 12.9. The molecular weight excluding hydrogens is 445 g/mol. The number of guanidine groups is 1. The molecule has 0 aliphatic carbocycles. The van der Waals surface area contributed by atoms with Crippen molar-refractivity contribution < 1.29 is 0 Å². The molecule has 1 aliphatic heterocycles. The topological polar surface area (TPSA) is 42.9 Å². The summed E-state index contributed by atoms with van der Waals surface area (Å²) in [5.74, 6) is 1.40. The highest BCUT2D eigenvalue weighted by Crippen LogP contribution is 2.18. The summed E-state index contributed by atoms with van der Waals surface area (Å²) < 4.78 is 0. The van der Waals surface area contributed by atoms with Crippen LogP contribution in [-0.2, 0) is 0 Å². The number of thiophene rings is 1.